The van der Waals surface area contributed by atoms with Crippen molar-refractivity contribution in [3.05, 3.63) is 53.9 Å². The maximum atomic E-state index is 13.2. The van der Waals surface area contributed by atoms with Gasteiger partial charge in [-0.1, -0.05) is 6.07 Å². The number of halogens is 4. The van der Waals surface area contributed by atoms with Gasteiger partial charge in [-0.2, -0.15) is 13.2 Å². The second-order valence-electron chi connectivity index (χ2n) is 5.29. The molecule has 0 atom stereocenters. The van der Waals surface area contributed by atoms with E-state index in [9.17, 15) is 13.2 Å². The summed E-state index contributed by atoms with van der Waals surface area (Å²) in [6.07, 6.45) is -0.577. The minimum Gasteiger partial charge on any atom is -0.497 e. The minimum absolute atomic E-state index is 0. The maximum absolute atomic E-state index is 13.2. The minimum atomic E-state index is -4.45. The third-order valence-corrected chi connectivity index (χ3v) is 3.62. The van der Waals surface area contributed by atoms with Crippen molar-refractivity contribution >= 4 is 29.9 Å². The number of methoxy groups -OCH3 is 1. The highest BCUT2D eigenvalue weighted by Gasteiger charge is 2.33. The lowest BCUT2D eigenvalue weighted by Gasteiger charge is -2.16. The first-order valence-corrected chi connectivity index (χ1v) is 7.73. The summed E-state index contributed by atoms with van der Waals surface area (Å²) in [5.41, 5.74) is -0.594. The summed E-state index contributed by atoms with van der Waals surface area (Å²) in [6.45, 7) is 1.33. The Balaban J connectivity index is 0.00000338. The Kier molecular flexibility index (Phi) is 8.76. The van der Waals surface area contributed by atoms with Crippen molar-refractivity contribution in [3.8, 4) is 5.75 Å². The zero-order valence-corrected chi connectivity index (χ0v) is 16.8. The van der Waals surface area contributed by atoms with E-state index >= 15 is 0 Å². The summed E-state index contributed by atoms with van der Waals surface area (Å²) >= 11 is 0. The number of hydrogen-bond donors (Lipinski definition) is 2. The van der Waals surface area contributed by atoms with Crippen LogP contribution in [0.4, 0.5) is 13.2 Å². The summed E-state index contributed by atoms with van der Waals surface area (Å²) < 4.78 is 46.5. The fourth-order valence-corrected chi connectivity index (χ4v) is 2.32. The molecule has 0 unspecified atom stereocenters. The third kappa shape index (κ3) is 6.43. The molecule has 2 N–H and O–H groups in total. The molecule has 0 saturated carbocycles. The Morgan fingerprint density at radius 2 is 1.88 bits per heavy atom. The zero-order valence-electron chi connectivity index (χ0n) is 14.5. The lowest BCUT2D eigenvalue weighted by atomic mass is 10.1. The molecular formula is C17H22F3IN4O. The molecular weight excluding hydrogens is 460 g/mol. The molecule has 5 nitrogen and oxygen atoms in total. The van der Waals surface area contributed by atoms with Gasteiger partial charge in [0, 0.05) is 39.1 Å². The van der Waals surface area contributed by atoms with Gasteiger partial charge in [-0.05, 0) is 29.8 Å². The number of hydrogen-bond acceptors (Lipinski definition) is 2. The molecule has 1 aromatic carbocycles. The molecule has 2 rings (SSSR count). The van der Waals surface area contributed by atoms with E-state index in [0.29, 0.717) is 12.5 Å². The Morgan fingerprint density at radius 1 is 1.19 bits per heavy atom. The van der Waals surface area contributed by atoms with Gasteiger partial charge in [0.15, 0.2) is 5.96 Å². The summed E-state index contributed by atoms with van der Waals surface area (Å²) in [5.74, 6) is 0.612. The van der Waals surface area contributed by atoms with Gasteiger partial charge in [0.2, 0.25) is 0 Å². The number of benzene rings is 1. The molecule has 0 spiro atoms. The summed E-state index contributed by atoms with van der Waals surface area (Å²) in [7, 11) is 2.91. The first-order chi connectivity index (χ1) is 11.9. The molecule has 0 radical (unpaired) electrons. The Bertz CT molecular complexity index is 703. The van der Waals surface area contributed by atoms with Gasteiger partial charge in [0.05, 0.1) is 12.7 Å². The van der Waals surface area contributed by atoms with Crippen molar-refractivity contribution in [1.82, 2.24) is 15.2 Å². The second-order valence-corrected chi connectivity index (χ2v) is 5.29. The van der Waals surface area contributed by atoms with E-state index in [1.54, 1.807) is 7.05 Å². The lowest BCUT2D eigenvalue weighted by Crippen LogP contribution is -2.38. The SMILES string of the molecule is CN=C(NCCn1cccc1)NCc1ccc(OC)cc1C(F)(F)F.I. The predicted molar refractivity (Wildman–Crippen MR) is 106 cm³/mol. The van der Waals surface area contributed by atoms with Gasteiger partial charge in [0.25, 0.3) is 0 Å². The molecule has 9 heteroatoms. The first kappa shape index (κ1) is 22.1. The van der Waals surface area contributed by atoms with Crippen LogP contribution in [-0.2, 0) is 19.3 Å². The monoisotopic (exact) mass is 482 g/mol. The second kappa shape index (κ2) is 10.3. The fourth-order valence-electron chi connectivity index (χ4n) is 2.32. The molecule has 26 heavy (non-hydrogen) atoms. The summed E-state index contributed by atoms with van der Waals surface area (Å²) in [4.78, 5) is 4.03. The lowest BCUT2D eigenvalue weighted by molar-refractivity contribution is -0.138. The van der Waals surface area contributed by atoms with Crippen molar-refractivity contribution in [2.45, 2.75) is 19.3 Å². The molecule has 0 aliphatic carbocycles. The van der Waals surface area contributed by atoms with Gasteiger partial charge < -0.3 is 19.9 Å². The Morgan fingerprint density at radius 3 is 2.46 bits per heavy atom. The molecule has 1 aromatic heterocycles. The van der Waals surface area contributed by atoms with E-state index in [1.165, 1.54) is 19.2 Å². The highest BCUT2D eigenvalue weighted by molar-refractivity contribution is 14.0. The van der Waals surface area contributed by atoms with Crippen LogP contribution >= 0.6 is 24.0 Å². The number of ether oxygens (including phenoxy) is 1. The number of rotatable bonds is 6. The van der Waals surface area contributed by atoms with Crippen LogP contribution in [-0.4, -0.2) is 31.2 Å². The summed E-state index contributed by atoms with van der Waals surface area (Å²) in [6, 6.07) is 7.76. The van der Waals surface area contributed by atoms with E-state index < -0.39 is 11.7 Å². The maximum Gasteiger partial charge on any atom is 0.416 e. The predicted octanol–water partition coefficient (Wildman–Crippen LogP) is 3.50. The van der Waals surface area contributed by atoms with Crippen LogP contribution in [0.15, 0.2) is 47.7 Å². The van der Waals surface area contributed by atoms with Crippen molar-refractivity contribution in [2.75, 3.05) is 20.7 Å². The number of aliphatic imine (C=N–C) groups is 1. The molecule has 0 saturated heterocycles. The first-order valence-electron chi connectivity index (χ1n) is 7.73. The van der Waals surface area contributed by atoms with Gasteiger partial charge in [0.1, 0.15) is 5.75 Å². The van der Waals surface area contributed by atoms with Crippen LogP contribution in [0.25, 0.3) is 0 Å². The molecule has 144 valence electrons. The summed E-state index contributed by atoms with van der Waals surface area (Å²) in [5, 5.41) is 5.98. The molecule has 0 fully saturated rings. The largest absolute Gasteiger partial charge is 0.497 e. The van der Waals surface area contributed by atoms with Crippen molar-refractivity contribution in [2.24, 2.45) is 4.99 Å². The smallest absolute Gasteiger partial charge is 0.416 e. The molecule has 2 aromatic rings. The van der Waals surface area contributed by atoms with Crippen LogP contribution in [0.5, 0.6) is 5.75 Å². The van der Waals surface area contributed by atoms with Crippen molar-refractivity contribution in [3.63, 3.8) is 0 Å². The molecule has 0 amide bonds. The molecule has 0 aliphatic rings. The van der Waals surface area contributed by atoms with E-state index in [2.05, 4.69) is 15.6 Å². The van der Waals surface area contributed by atoms with E-state index in [1.807, 2.05) is 29.1 Å². The average molecular weight is 482 g/mol. The number of alkyl halides is 3. The van der Waals surface area contributed by atoms with Crippen molar-refractivity contribution in [1.29, 1.82) is 0 Å². The normalized spacial score (nSPS) is 11.7. The zero-order chi connectivity index (χ0) is 18.3. The van der Waals surface area contributed by atoms with Crippen LogP contribution in [0.1, 0.15) is 11.1 Å². The van der Waals surface area contributed by atoms with E-state index in [-0.39, 0.29) is 41.8 Å². The third-order valence-electron chi connectivity index (χ3n) is 3.62. The molecule has 0 aliphatic heterocycles. The molecule has 0 bridgehead atoms. The number of aromatic nitrogens is 1. The quantitative estimate of drug-likeness (QED) is 0.377. The van der Waals surface area contributed by atoms with Gasteiger partial charge >= 0.3 is 6.18 Å². The Labute approximate surface area is 167 Å². The molecule has 1 heterocycles. The number of nitrogens with zero attached hydrogens (tertiary/aromatic N) is 2. The average Bonchev–Trinajstić information content (AvgIpc) is 3.10. The highest BCUT2D eigenvalue weighted by Crippen LogP contribution is 2.34. The Hall–Kier alpha value is -1.91. The number of nitrogens with one attached hydrogen (secondary N) is 2. The van der Waals surface area contributed by atoms with Gasteiger partial charge in [-0.25, -0.2) is 0 Å². The van der Waals surface area contributed by atoms with Crippen molar-refractivity contribution < 1.29 is 17.9 Å². The van der Waals surface area contributed by atoms with Gasteiger partial charge in [-0.15, -0.1) is 24.0 Å². The van der Waals surface area contributed by atoms with Crippen LogP contribution < -0.4 is 15.4 Å². The number of guanidine groups is 1. The van der Waals surface area contributed by atoms with Crippen LogP contribution in [0.2, 0.25) is 0 Å². The fraction of sp³-hybridized carbons (Fsp3) is 0.353. The standard InChI is InChI=1S/C17H21F3N4O.HI/c1-21-16(22-7-10-24-8-3-4-9-24)23-12-13-5-6-14(25-2)11-15(13)17(18,19)20;/h3-6,8-9,11H,7,10,12H2,1-2H3,(H2,21,22,23);1H. The van der Waals surface area contributed by atoms with Crippen LogP contribution in [0.3, 0.4) is 0 Å². The highest BCUT2D eigenvalue weighted by atomic mass is 127. The van der Waals surface area contributed by atoms with Gasteiger partial charge in [-0.3, -0.25) is 4.99 Å². The van der Waals surface area contributed by atoms with E-state index in [0.717, 1.165) is 12.6 Å². The van der Waals surface area contributed by atoms with E-state index in [4.69, 9.17) is 4.74 Å². The van der Waals surface area contributed by atoms with Crippen LogP contribution in [0, 0.1) is 0 Å². The topological polar surface area (TPSA) is 50.6 Å².